The first kappa shape index (κ1) is 16.7. The van der Waals surface area contributed by atoms with E-state index in [2.05, 4.69) is 10.2 Å². The average Bonchev–Trinajstić information content (AvgIpc) is 3.16. The lowest BCUT2D eigenvalue weighted by Gasteiger charge is -2.31. The number of carbonyl (C=O) groups is 1. The van der Waals surface area contributed by atoms with Crippen molar-refractivity contribution in [2.75, 3.05) is 40.5 Å². The summed E-state index contributed by atoms with van der Waals surface area (Å²) in [5, 5.41) is 3.50. The Morgan fingerprint density at radius 1 is 1.24 bits per heavy atom. The molecule has 0 saturated heterocycles. The molecule has 3 N–H and O–H groups in total. The number of hydrogen-bond acceptors (Lipinski definition) is 5. The molecule has 2 aliphatic carbocycles. The average molecular weight is 299 g/mol. The second-order valence-electron chi connectivity index (χ2n) is 6.28. The van der Waals surface area contributed by atoms with Crippen molar-refractivity contribution in [3.8, 4) is 0 Å². The van der Waals surface area contributed by atoms with Gasteiger partial charge in [-0.25, -0.2) is 0 Å². The molecule has 0 bridgehead atoms. The van der Waals surface area contributed by atoms with E-state index in [0.29, 0.717) is 25.3 Å². The number of ether oxygens (including phenoxy) is 2. The Morgan fingerprint density at radius 3 is 2.33 bits per heavy atom. The Morgan fingerprint density at radius 2 is 1.86 bits per heavy atom. The van der Waals surface area contributed by atoms with Gasteiger partial charge in [0.05, 0.1) is 18.8 Å². The van der Waals surface area contributed by atoms with Crippen LogP contribution in [0.5, 0.6) is 0 Å². The Kier molecular flexibility index (Phi) is 5.98. The summed E-state index contributed by atoms with van der Waals surface area (Å²) in [5.74, 6) is -0.199. The van der Waals surface area contributed by atoms with Gasteiger partial charge in [-0.1, -0.05) is 0 Å². The Bertz CT molecular complexity index is 341. The van der Waals surface area contributed by atoms with Gasteiger partial charge in [0.15, 0.2) is 0 Å². The van der Waals surface area contributed by atoms with Gasteiger partial charge in [0.1, 0.15) is 0 Å². The monoisotopic (exact) mass is 299 g/mol. The minimum atomic E-state index is -0.510. The first-order valence-electron chi connectivity index (χ1n) is 7.91. The number of nitrogens with zero attached hydrogens (tertiary/aromatic N) is 1. The zero-order valence-corrected chi connectivity index (χ0v) is 13.3. The standard InChI is InChI=1S/C15H29N3O3/c1-20-9-7-18(8-10-21-2)13-5-6-15(11-13,14(16)19)17-12-3-4-12/h12-13,17H,3-11H2,1-2H3,(H2,16,19). The molecule has 0 aromatic heterocycles. The van der Waals surface area contributed by atoms with Gasteiger partial charge in [0, 0.05) is 39.4 Å². The molecule has 0 radical (unpaired) electrons. The molecule has 2 fully saturated rings. The van der Waals surface area contributed by atoms with E-state index >= 15 is 0 Å². The van der Waals surface area contributed by atoms with Crippen molar-refractivity contribution in [2.45, 2.75) is 49.7 Å². The summed E-state index contributed by atoms with van der Waals surface area (Å²) in [6.07, 6.45) is 4.95. The lowest BCUT2D eigenvalue weighted by Crippen LogP contribution is -2.55. The highest BCUT2D eigenvalue weighted by Crippen LogP contribution is 2.36. The molecule has 0 spiro atoms. The lowest BCUT2D eigenvalue weighted by molar-refractivity contribution is -0.124. The summed E-state index contributed by atoms with van der Waals surface area (Å²) in [6.45, 7) is 3.12. The molecule has 6 nitrogen and oxygen atoms in total. The van der Waals surface area contributed by atoms with Crippen LogP contribution in [-0.4, -0.2) is 69.0 Å². The van der Waals surface area contributed by atoms with Gasteiger partial charge < -0.3 is 20.5 Å². The van der Waals surface area contributed by atoms with Crippen LogP contribution in [0.4, 0.5) is 0 Å². The topological polar surface area (TPSA) is 76.8 Å². The molecule has 122 valence electrons. The fourth-order valence-corrected chi connectivity index (χ4v) is 3.27. The van der Waals surface area contributed by atoms with Crippen molar-refractivity contribution in [1.82, 2.24) is 10.2 Å². The second-order valence-corrected chi connectivity index (χ2v) is 6.28. The number of carbonyl (C=O) groups excluding carboxylic acids is 1. The summed E-state index contributed by atoms with van der Waals surface area (Å²) >= 11 is 0. The number of methoxy groups -OCH3 is 2. The van der Waals surface area contributed by atoms with E-state index in [-0.39, 0.29) is 5.91 Å². The second kappa shape index (κ2) is 7.54. The quantitative estimate of drug-likeness (QED) is 0.599. The van der Waals surface area contributed by atoms with Crippen LogP contribution in [0.25, 0.3) is 0 Å². The molecule has 2 unspecified atom stereocenters. The lowest BCUT2D eigenvalue weighted by atomic mass is 9.96. The molecular weight excluding hydrogens is 270 g/mol. The zero-order valence-electron chi connectivity index (χ0n) is 13.3. The van der Waals surface area contributed by atoms with Crippen molar-refractivity contribution in [2.24, 2.45) is 5.73 Å². The molecule has 0 aromatic rings. The van der Waals surface area contributed by atoms with Gasteiger partial charge >= 0.3 is 0 Å². The van der Waals surface area contributed by atoms with Crippen LogP contribution in [0.2, 0.25) is 0 Å². The Hall–Kier alpha value is -0.690. The maximum absolute atomic E-state index is 12.0. The fourth-order valence-electron chi connectivity index (χ4n) is 3.27. The third-order valence-electron chi connectivity index (χ3n) is 4.70. The summed E-state index contributed by atoms with van der Waals surface area (Å²) in [7, 11) is 3.43. The zero-order chi connectivity index (χ0) is 15.3. The summed E-state index contributed by atoms with van der Waals surface area (Å²) in [6, 6.07) is 0.858. The maximum Gasteiger partial charge on any atom is 0.237 e. The molecule has 1 amide bonds. The Labute approximate surface area is 127 Å². The number of amides is 1. The van der Waals surface area contributed by atoms with E-state index in [1.165, 1.54) is 0 Å². The van der Waals surface area contributed by atoms with E-state index in [1.807, 2.05) is 0 Å². The van der Waals surface area contributed by atoms with Crippen LogP contribution in [0, 0.1) is 0 Å². The highest BCUT2D eigenvalue weighted by Gasteiger charge is 2.47. The SMILES string of the molecule is COCCN(CCOC)C1CCC(NC2CC2)(C(N)=O)C1. The van der Waals surface area contributed by atoms with E-state index in [0.717, 1.165) is 45.2 Å². The molecule has 21 heavy (non-hydrogen) atoms. The first-order valence-corrected chi connectivity index (χ1v) is 7.91. The molecule has 2 aliphatic rings. The van der Waals surface area contributed by atoms with Crippen molar-refractivity contribution < 1.29 is 14.3 Å². The van der Waals surface area contributed by atoms with Gasteiger partial charge in [-0.05, 0) is 32.1 Å². The van der Waals surface area contributed by atoms with Gasteiger partial charge in [-0.2, -0.15) is 0 Å². The smallest absolute Gasteiger partial charge is 0.237 e. The van der Waals surface area contributed by atoms with Crippen molar-refractivity contribution in [3.63, 3.8) is 0 Å². The molecule has 0 heterocycles. The number of primary amides is 1. The molecule has 0 aliphatic heterocycles. The summed E-state index contributed by atoms with van der Waals surface area (Å²) < 4.78 is 10.4. The highest BCUT2D eigenvalue weighted by atomic mass is 16.5. The summed E-state index contributed by atoms with van der Waals surface area (Å²) in [4.78, 5) is 14.3. The van der Waals surface area contributed by atoms with Crippen LogP contribution in [0.15, 0.2) is 0 Å². The number of hydrogen-bond donors (Lipinski definition) is 2. The number of nitrogens with one attached hydrogen (secondary N) is 1. The number of nitrogens with two attached hydrogens (primary N) is 1. The molecule has 0 aromatic carbocycles. The molecule has 2 saturated carbocycles. The molecule has 2 atom stereocenters. The minimum Gasteiger partial charge on any atom is -0.383 e. The van der Waals surface area contributed by atoms with Gasteiger partial charge in [0.2, 0.25) is 5.91 Å². The van der Waals surface area contributed by atoms with E-state index in [4.69, 9.17) is 15.2 Å². The number of rotatable bonds is 10. The third kappa shape index (κ3) is 4.39. The predicted molar refractivity (Wildman–Crippen MR) is 81.0 cm³/mol. The predicted octanol–water partition coefficient (Wildman–Crippen LogP) is 0.110. The maximum atomic E-state index is 12.0. The van der Waals surface area contributed by atoms with E-state index < -0.39 is 5.54 Å². The van der Waals surface area contributed by atoms with Crippen LogP contribution in [0.1, 0.15) is 32.1 Å². The van der Waals surface area contributed by atoms with E-state index in [1.54, 1.807) is 14.2 Å². The Balaban J connectivity index is 1.96. The van der Waals surface area contributed by atoms with Crippen LogP contribution in [0.3, 0.4) is 0 Å². The molecule has 6 heteroatoms. The third-order valence-corrected chi connectivity index (χ3v) is 4.70. The van der Waals surface area contributed by atoms with Crippen molar-refractivity contribution in [3.05, 3.63) is 0 Å². The first-order chi connectivity index (χ1) is 10.1. The normalized spacial score (nSPS) is 29.2. The summed E-state index contributed by atoms with van der Waals surface area (Å²) in [5.41, 5.74) is 5.19. The van der Waals surface area contributed by atoms with E-state index in [9.17, 15) is 4.79 Å². The van der Waals surface area contributed by atoms with Crippen LogP contribution in [-0.2, 0) is 14.3 Å². The highest BCUT2D eigenvalue weighted by molar-refractivity contribution is 5.85. The van der Waals surface area contributed by atoms with Crippen molar-refractivity contribution >= 4 is 5.91 Å². The van der Waals surface area contributed by atoms with Gasteiger partial charge in [0.25, 0.3) is 0 Å². The van der Waals surface area contributed by atoms with Gasteiger partial charge in [-0.3, -0.25) is 9.69 Å². The van der Waals surface area contributed by atoms with Crippen molar-refractivity contribution in [1.29, 1.82) is 0 Å². The van der Waals surface area contributed by atoms with Crippen LogP contribution >= 0.6 is 0 Å². The van der Waals surface area contributed by atoms with Gasteiger partial charge in [-0.15, -0.1) is 0 Å². The molecular formula is C15H29N3O3. The van der Waals surface area contributed by atoms with Crippen LogP contribution < -0.4 is 11.1 Å². The minimum absolute atomic E-state index is 0.199. The molecule has 2 rings (SSSR count). The largest absolute Gasteiger partial charge is 0.383 e. The fraction of sp³-hybridized carbons (Fsp3) is 0.933.